The lowest BCUT2D eigenvalue weighted by atomic mass is 10.1. The first-order valence-corrected chi connectivity index (χ1v) is 9.63. The van der Waals surface area contributed by atoms with Crippen LogP contribution in [0.4, 0.5) is 18.0 Å². The van der Waals surface area contributed by atoms with Gasteiger partial charge in [-0.05, 0) is 48.5 Å². The van der Waals surface area contributed by atoms with Gasteiger partial charge in [0.15, 0.2) is 0 Å². The van der Waals surface area contributed by atoms with E-state index in [-0.39, 0.29) is 18.8 Å². The molecule has 0 aliphatic heterocycles. The minimum atomic E-state index is -5.10. The summed E-state index contributed by atoms with van der Waals surface area (Å²) < 4.78 is 44.9. The molecular weight excluding hydrogens is 437 g/mol. The van der Waals surface area contributed by atoms with Crippen LogP contribution < -0.4 is 4.74 Å². The summed E-state index contributed by atoms with van der Waals surface area (Å²) in [6, 6.07) is 12.5. The molecule has 0 heterocycles. The maximum Gasteiger partial charge on any atom is 0.440 e. The molecule has 0 unspecified atom stereocenters. The van der Waals surface area contributed by atoms with Crippen LogP contribution in [0.1, 0.15) is 10.4 Å². The number of nitrogens with zero attached hydrogens (tertiary/aromatic N) is 2. The van der Waals surface area contributed by atoms with Crippen LogP contribution in [0.15, 0.2) is 63.5 Å². The van der Waals surface area contributed by atoms with Crippen molar-refractivity contribution in [1.82, 2.24) is 4.90 Å². The molecule has 0 fully saturated rings. The molecule has 0 saturated carbocycles. The maximum absolute atomic E-state index is 13.2. The van der Waals surface area contributed by atoms with E-state index in [1.807, 2.05) is 0 Å². The zero-order valence-electron chi connectivity index (χ0n) is 16.5. The predicted molar refractivity (Wildman–Crippen MR) is 108 cm³/mol. The van der Waals surface area contributed by atoms with Crippen molar-refractivity contribution < 1.29 is 37.4 Å². The van der Waals surface area contributed by atoms with Crippen LogP contribution >= 0.6 is 11.8 Å². The lowest BCUT2D eigenvalue weighted by Gasteiger charge is -2.11. The number of rotatable bonds is 8. The molecule has 1 amide bonds. The summed E-state index contributed by atoms with van der Waals surface area (Å²) in [5.74, 6) is -0.825. The summed E-state index contributed by atoms with van der Waals surface area (Å²) in [7, 11) is 2.53. The van der Waals surface area contributed by atoms with Crippen molar-refractivity contribution >= 4 is 29.4 Å². The molecule has 0 spiro atoms. The number of oxime groups is 1. The van der Waals surface area contributed by atoms with Crippen molar-refractivity contribution in [3.05, 3.63) is 54.1 Å². The fourth-order valence-corrected chi connectivity index (χ4v) is 2.92. The van der Waals surface area contributed by atoms with E-state index in [1.54, 1.807) is 24.3 Å². The van der Waals surface area contributed by atoms with Gasteiger partial charge in [0.1, 0.15) is 12.4 Å². The topological polar surface area (TPSA) is 88.4 Å². The molecule has 0 saturated heterocycles. The largest absolute Gasteiger partial charge is 0.491 e. The number of amides is 1. The Bertz CT molecular complexity index is 929. The molecule has 0 atom stereocenters. The third-order valence-electron chi connectivity index (χ3n) is 3.60. The number of hydrogen-bond acceptors (Lipinski definition) is 7. The number of alkyl halides is 3. The first-order valence-electron chi connectivity index (χ1n) is 8.81. The highest BCUT2D eigenvalue weighted by molar-refractivity contribution is 7.99. The van der Waals surface area contributed by atoms with Crippen LogP contribution in [0.5, 0.6) is 5.75 Å². The number of aliphatic hydroxyl groups excluding tert-OH is 1. The van der Waals surface area contributed by atoms with E-state index in [9.17, 15) is 22.8 Å². The molecule has 166 valence electrons. The third kappa shape index (κ3) is 7.30. The smallest absolute Gasteiger partial charge is 0.440 e. The molecule has 0 bridgehead atoms. The molecule has 0 aliphatic carbocycles. The minimum Gasteiger partial charge on any atom is -0.491 e. The molecule has 0 aromatic heterocycles. The standard InChI is InChI=1S/C20H19F3N2O5S/c1-25(2)19(28)30-24-18(20(21,22)23)17(27)13-3-7-15(8-4-13)31-16-9-5-14(6-10-16)29-12-11-26/h3-10,26H,11-12H2,1-2H3/b24-18-. The molecule has 11 heteroatoms. The summed E-state index contributed by atoms with van der Waals surface area (Å²) in [6.07, 6.45) is -6.24. The molecule has 2 aromatic carbocycles. The van der Waals surface area contributed by atoms with Crippen LogP contribution in [-0.2, 0) is 4.84 Å². The minimum absolute atomic E-state index is 0.0968. The first-order chi connectivity index (χ1) is 14.6. The van der Waals surface area contributed by atoms with E-state index in [1.165, 1.54) is 50.1 Å². The van der Waals surface area contributed by atoms with Gasteiger partial charge in [0.2, 0.25) is 11.5 Å². The zero-order chi connectivity index (χ0) is 23.0. The molecule has 2 rings (SSSR count). The van der Waals surface area contributed by atoms with Crippen molar-refractivity contribution in [2.24, 2.45) is 5.16 Å². The van der Waals surface area contributed by atoms with E-state index in [2.05, 4.69) is 9.99 Å². The Morgan fingerprint density at radius 2 is 1.58 bits per heavy atom. The fourth-order valence-electron chi connectivity index (χ4n) is 2.10. The van der Waals surface area contributed by atoms with Gasteiger partial charge in [0.05, 0.1) is 6.61 Å². The van der Waals surface area contributed by atoms with E-state index >= 15 is 0 Å². The molecule has 31 heavy (non-hydrogen) atoms. The summed E-state index contributed by atoms with van der Waals surface area (Å²) in [5.41, 5.74) is -2.09. The van der Waals surface area contributed by atoms with Crippen LogP contribution in [0.2, 0.25) is 0 Å². The van der Waals surface area contributed by atoms with E-state index in [0.717, 1.165) is 9.80 Å². The van der Waals surface area contributed by atoms with Crippen molar-refractivity contribution in [2.75, 3.05) is 27.3 Å². The number of carbonyl (C=O) groups is 2. The number of benzene rings is 2. The normalized spacial score (nSPS) is 11.7. The Kier molecular flexibility index (Phi) is 8.46. The molecule has 7 nitrogen and oxygen atoms in total. The monoisotopic (exact) mass is 456 g/mol. The Hall–Kier alpha value is -3.05. The highest BCUT2D eigenvalue weighted by Gasteiger charge is 2.42. The van der Waals surface area contributed by atoms with Gasteiger partial charge in [0.25, 0.3) is 0 Å². The number of Topliss-reactive ketones (excluding diaryl/α,β-unsaturated/α-hetero) is 1. The van der Waals surface area contributed by atoms with Gasteiger partial charge in [0, 0.05) is 29.4 Å². The van der Waals surface area contributed by atoms with Crippen LogP contribution in [0.3, 0.4) is 0 Å². The number of ketones is 1. The molecule has 2 aromatic rings. The highest BCUT2D eigenvalue weighted by atomic mass is 32.2. The van der Waals surface area contributed by atoms with Gasteiger partial charge in [-0.25, -0.2) is 4.79 Å². The summed E-state index contributed by atoms with van der Waals surface area (Å²) in [4.78, 5) is 30.2. The predicted octanol–water partition coefficient (Wildman–Crippen LogP) is 4.01. The zero-order valence-corrected chi connectivity index (χ0v) is 17.4. The van der Waals surface area contributed by atoms with Crippen molar-refractivity contribution in [3.8, 4) is 5.75 Å². The average Bonchev–Trinajstić information content (AvgIpc) is 2.72. The second kappa shape index (κ2) is 10.8. The molecule has 0 radical (unpaired) electrons. The highest BCUT2D eigenvalue weighted by Crippen LogP contribution is 2.30. The van der Waals surface area contributed by atoms with Crippen LogP contribution in [0.25, 0.3) is 0 Å². The second-order valence-electron chi connectivity index (χ2n) is 6.19. The summed E-state index contributed by atoms with van der Waals surface area (Å²) >= 11 is 1.33. The van der Waals surface area contributed by atoms with Gasteiger partial charge in [-0.3, -0.25) is 9.63 Å². The van der Waals surface area contributed by atoms with E-state index in [4.69, 9.17) is 9.84 Å². The Balaban J connectivity index is 2.12. The average molecular weight is 456 g/mol. The van der Waals surface area contributed by atoms with Gasteiger partial charge in [-0.15, -0.1) is 0 Å². The van der Waals surface area contributed by atoms with Crippen molar-refractivity contribution in [3.63, 3.8) is 0 Å². The lowest BCUT2D eigenvalue weighted by molar-refractivity contribution is -0.0605. The van der Waals surface area contributed by atoms with E-state index in [0.29, 0.717) is 10.6 Å². The Morgan fingerprint density at radius 3 is 2.06 bits per heavy atom. The first kappa shape index (κ1) is 24.2. The summed E-state index contributed by atoms with van der Waals surface area (Å²) in [6.45, 7) is 0.0833. The number of aliphatic hydroxyl groups is 1. The van der Waals surface area contributed by atoms with Gasteiger partial charge in [-0.2, -0.15) is 13.2 Å². The number of halogens is 3. The SMILES string of the molecule is CN(C)C(=O)O/N=C(/C(=O)c1ccc(Sc2ccc(OCCO)cc2)cc1)C(F)(F)F. The molecule has 1 N–H and O–H groups in total. The molecular formula is C20H19F3N2O5S. The number of ether oxygens (including phenoxy) is 1. The quantitative estimate of drug-likeness (QED) is 0.280. The molecule has 0 aliphatic rings. The number of hydrogen-bond donors (Lipinski definition) is 1. The Morgan fingerprint density at radius 1 is 1.03 bits per heavy atom. The van der Waals surface area contributed by atoms with Gasteiger partial charge < -0.3 is 14.7 Å². The van der Waals surface area contributed by atoms with Gasteiger partial charge >= 0.3 is 12.3 Å². The second-order valence-corrected chi connectivity index (χ2v) is 7.34. The number of carbonyl (C=O) groups excluding carboxylic acids is 2. The van der Waals surface area contributed by atoms with Crippen LogP contribution in [0, 0.1) is 0 Å². The third-order valence-corrected chi connectivity index (χ3v) is 4.62. The van der Waals surface area contributed by atoms with Gasteiger partial charge in [-0.1, -0.05) is 16.9 Å². The van der Waals surface area contributed by atoms with Crippen molar-refractivity contribution in [2.45, 2.75) is 16.0 Å². The van der Waals surface area contributed by atoms with E-state index < -0.39 is 23.8 Å². The maximum atomic E-state index is 13.2. The fraction of sp³-hybridized carbons (Fsp3) is 0.250. The van der Waals surface area contributed by atoms with Crippen molar-refractivity contribution in [1.29, 1.82) is 0 Å². The van der Waals surface area contributed by atoms with Crippen LogP contribution in [-0.4, -0.2) is 61.1 Å². The summed E-state index contributed by atoms with van der Waals surface area (Å²) in [5, 5.41) is 11.5. The Labute approximate surface area is 180 Å². The lowest BCUT2D eigenvalue weighted by Crippen LogP contribution is -2.32.